The summed E-state index contributed by atoms with van der Waals surface area (Å²) in [5, 5.41) is 2.16. The van der Waals surface area contributed by atoms with Gasteiger partial charge in [0.1, 0.15) is 11.4 Å². The van der Waals surface area contributed by atoms with E-state index in [4.69, 9.17) is 14.5 Å². The van der Waals surface area contributed by atoms with Crippen molar-refractivity contribution in [2.24, 2.45) is 13.0 Å². The molecule has 4 heterocycles. The van der Waals surface area contributed by atoms with Gasteiger partial charge in [0.15, 0.2) is 5.82 Å². The van der Waals surface area contributed by atoms with Crippen LogP contribution in [0.25, 0.3) is 21.7 Å². The monoisotopic (exact) mass is 574 g/mol. The van der Waals surface area contributed by atoms with Gasteiger partial charge in [-0.25, -0.2) is 9.78 Å². The number of likely N-dealkylation sites (tertiary alicyclic amines) is 1. The van der Waals surface area contributed by atoms with Crippen LogP contribution in [0.15, 0.2) is 48.0 Å². The fraction of sp³-hybridized carbons (Fsp3) is 0.515. The van der Waals surface area contributed by atoms with Crippen molar-refractivity contribution in [3.05, 3.63) is 59.2 Å². The molecule has 2 fully saturated rings. The minimum absolute atomic E-state index is 0.227. The summed E-state index contributed by atoms with van der Waals surface area (Å²) in [6, 6.07) is 13.0. The third-order valence-corrected chi connectivity index (χ3v) is 9.28. The van der Waals surface area contributed by atoms with Crippen LogP contribution >= 0.6 is 11.3 Å². The van der Waals surface area contributed by atoms with Gasteiger partial charge in [0.05, 0.1) is 28.2 Å². The van der Waals surface area contributed by atoms with Crippen molar-refractivity contribution in [3.63, 3.8) is 0 Å². The number of amides is 1. The van der Waals surface area contributed by atoms with Crippen molar-refractivity contribution >= 4 is 27.6 Å². The molecule has 2 aliphatic rings. The van der Waals surface area contributed by atoms with E-state index in [9.17, 15) is 4.79 Å². The summed E-state index contributed by atoms with van der Waals surface area (Å²) in [5.41, 5.74) is 4.59. The van der Waals surface area contributed by atoms with Gasteiger partial charge in [-0.05, 0) is 88.1 Å². The Balaban J connectivity index is 1.02. The highest BCUT2D eigenvalue weighted by Gasteiger charge is 2.30. The molecule has 0 N–H and O–H groups in total. The Bertz CT molecular complexity index is 1490. The first kappa shape index (κ1) is 27.9. The largest absolute Gasteiger partial charge is 0.493 e. The van der Waals surface area contributed by atoms with Crippen molar-refractivity contribution in [3.8, 4) is 17.3 Å². The van der Waals surface area contributed by atoms with Crippen LogP contribution in [0.1, 0.15) is 70.1 Å². The molecule has 1 aliphatic carbocycles. The fourth-order valence-electron chi connectivity index (χ4n) is 5.86. The van der Waals surface area contributed by atoms with Gasteiger partial charge in [-0.2, -0.15) is 0 Å². The second-order valence-electron chi connectivity index (χ2n) is 12.7. The Labute approximate surface area is 247 Å². The van der Waals surface area contributed by atoms with E-state index < -0.39 is 5.60 Å². The van der Waals surface area contributed by atoms with Gasteiger partial charge in [0, 0.05) is 44.7 Å². The molecule has 0 spiro atoms. The predicted molar refractivity (Wildman–Crippen MR) is 165 cm³/mol. The second-order valence-corrected chi connectivity index (χ2v) is 13.7. The third kappa shape index (κ3) is 6.32. The average molecular weight is 575 g/mol. The molecule has 41 heavy (non-hydrogen) atoms. The number of carbonyl (C=O) groups excluding carboxylic acids is 1. The number of hydrogen-bond donors (Lipinski definition) is 0. The van der Waals surface area contributed by atoms with Gasteiger partial charge in [-0.1, -0.05) is 18.6 Å². The molecule has 1 amide bonds. The highest BCUT2D eigenvalue weighted by molar-refractivity contribution is 7.17. The maximum Gasteiger partial charge on any atom is 0.410 e. The van der Waals surface area contributed by atoms with E-state index >= 15 is 0 Å². The maximum absolute atomic E-state index is 12.3. The lowest BCUT2D eigenvalue weighted by Crippen LogP contribution is -2.35. The number of thiophene rings is 1. The molecular formula is C33H42N4O3S. The average Bonchev–Trinajstić information content (AvgIpc) is 3.68. The first-order chi connectivity index (χ1) is 19.7. The van der Waals surface area contributed by atoms with Gasteiger partial charge in [-0.15, -0.1) is 11.3 Å². The maximum atomic E-state index is 12.3. The number of aromatic nitrogens is 3. The second kappa shape index (κ2) is 11.6. The Hall–Kier alpha value is -3.26. The van der Waals surface area contributed by atoms with Gasteiger partial charge >= 0.3 is 6.09 Å². The zero-order valence-corrected chi connectivity index (χ0v) is 25.6. The Kier molecular flexibility index (Phi) is 7.86. The number of ether oxygens (including phenoxy) is 2. The number of fused-ring (bicyclic) bond motifs is 1. The molecule has 1 saturated carbocycles. The molecule has 1 saturated heterocycles. The molecule has 3 aromatic heterocycles. The topological polar surface area (TPSA) is 61.5 Å². The summed E-state index contributed by atoms with van der Waals surface area (Å²) in [4.78, 5) is 19.3. The number of aryl methyl sites for hydroxylation is 3. The molecule has 4 aromatic rings. The van der Waals surface area contributed by atoms with Crippen LogP contribution in [-0.2, 0) is 24.8 Å². The van der Waals surface area contributed by atoms with Crippen LogP contribution in [0.2, 0.25) is 0 Å². The highest BCUT2D eigenvalue weighted by atomic mass is 32.1. The van der Waals surface area contributed by atoms with Crippen LogP contribution in [0.4, 0.5) is 4.79 Å². The molecule has 0 radical (unpaired) electrons. The number of hydrogen-bond acceptors (Lipinski definition) is 5. The molecule has 7 nitrogen and oxygen atoms in total. The molecule has 1 unspecified atom stereocenters. The lowest BCUT2D eigenvalue weighted by atomic mass is 9.83. The predicted octanol–water partition coefficient (Wildman–Crippen LogP) is 7.64. The number of carbonyl (C=O) groups is 1. The number of imidazole rings is 1. The number of benzene rings is 1. The van der Waals surface area contributed by atoms with Crippen molar-refractivity contribution in [2.45, 2.75) is 77.4 Å². The Morgan fingerprint density at radius 2 is 1.93 bits per heavy atom. The van der Waals surface area contributed by atoms with Crippen LogP contribution in [0.5, 0.6) is 5.75 Å². The molecule has 218 valence electrons. The first-order valence-corrected chi connectivity index (χ1v) is 15.9. The van der Waals surface area contributed by atoms with Crippen LogP contribution in [-0.4, -0.2) is 50.4 Å². The highest BCUT2D eigenvalue weighted by Crippen LogP contribution is 2.38. The summed E-state index contributed by atoms with van der Waals surface area (Å²) in [5.74, 6) is 2.93. The van der Waals surface area contributed by atoms with E-state index in [1.165, 1.54) is 46.4 Å². The third-order valence-electron chi connectivity index (χ3n) is 8.42. The van der Waals surface area contributed by atoms with Crippen molar-refractivity contribution in [1.29, 1.82) is 0 Å². The quantitative estimate of drug-likeness (QED) is 0.206. The Morgan fingerprint density at radius 3 is 2.63 bits per heavy atom. The summed E-state index contributed by atoms with van der Waals surface area (Å²) >= 11 is 1.79. The van der Waals surface area contributed by atoms with Crippen molar-refractivity contribution < 1.29 is 14.3 Å². The molecule has 1 aliphatic heterocycles. The number of nitrogens with zero attached hydrogens (tertiary/aromatic N) is 4. The van der Waals surface area contributed by atoms with Crippen molar-refractivity contribution in [1.82, 2.24) is 19.0 Å². The minimum atomic E-state index is -0.466. The lowest BCUT2D eigenvalue weighted by Gasteiger charge is -2.24. The zero-order valence-electron chi connectivity index (χ0n) is 24.8. The van der Waals surface area contributed by atoms with Gasteiger partial charge in [-0.3, -0.25) is 0 Å². The van der Waals surface area contributed by atoms with E-state index in [1.807, 2.05) is 20.8 Å². The lowest BCUT2D eigenvalue weighted by molar-refractivity contribution is 0.0285. The SMILES string of the molecule is Cn1c(-c2nc(C3CCC3)cn2CCCc2ccc(OCC3CCN(C(=O)OC(C)(C)C)C3)cc2)cc2sccc21. The normalized spacial score (nSPS) is 17.8. The smallest absolute Gasteiger partial charge is 0.410 e. The first-order valence-electron chi connectivity index (χ1n) is 15.0. The van der Waals surface area contributed by atoms with E-state index in [2.05, 4.69) is 64.2 Å². The zero-order chi connectivity index (χ0) is 28.6. The summed E-state index contributed by atoms with van der Waals surface area (Å²) in [6.07, 6.45) is 8.92. The fourth-order valence-corrected chi connectivity index (χ4v) is 6.71. The van der Waals surface area contributed by atoms with E-state index in [0.29, 0.717) is 25.0 Å². The molecule has 6 rings (SSSR count). The summed E-state index contributed by atoms with van der Waals surface area (Å²) in [6.45, 7) is 8.68. The van der Waals surface area contributed by atoms with Crippen LogP contribution < -0.4 is 4.74 Å². The molecule has 0 bridgehead atoms. The van der Waals surface area contributed by atoms with Gasteiger partial charge < -0.3 is 23.5 Å². The van der Waals surface area contributed by atoms with Crippen molar-refractivity contribution in [2.75, 3.05) is 19.7 Å². The summed E-state index contributed by atoms with van der Waals surface area (Å²) in [7, 11) is 2.15. The van der Waals surface area contributed by atoms with E-state index in [1.54, 1.807) is 16.2 Å². The van der Waals surface area contributed by atoms with Gasteiger partial charge in [0.25, 0.3) is 0 Å². The molecule has 1 atom stereocenters. The molecular weight excluding hydrogens is 532 g/mol. The van der Waals surface area contributed by atoms with Crippen LogP contribution in [0, 0.1) is 5.92 Å². The minimum Gasteiger partial charge on any atom is -0.493 e. The molecule has 1 aromatic carbocycles. The molecule has 8 heteroatoms. The standard InChI is InChI=1S/C33H42N4O3S/c1-33(2,3)40-32(38)37-17-14-24(20-37)22-39-26-12-10-23(11-13-26)7-6-16-36-21-27(25-8-5-9-25)34-31(36)29-19-30-28(35(29)4)15-18-41-30/h10-13,15,18-19,21,24-25H,5-9,14,16-17,20,22H2,1-4H3. The van der Waals surface area contributed by atoms with Crippen LogP contribution in [0.3, 0.4) is 0 Å². The van der Waals surface area contributed by atoms with Gasteiger partial charge in [0.2, 0.25) is 0 Å². The van der Waals surface area contributed by atoms with E-state index in [0.717, 1.165) is 43.9 Å². The van der Waals surface area contributed by atoms with E-state index in [-0.39, 0.29) is 6.09 Å². The summed E-state index contributed by atoms with van der Waals surface area (Å²) < 4.78 is 17.6. The number of rotatable bonds is 9. The Morgan fingerprint density at radius 1 is 1.12 bits per heavy atom.